The first-order chi connectivity index (χ1) is 8.21. The van der Waals surface area contributed by atoms with Crippen LogP contribution in [0.3, 0.4) is 0 Å². The van der Waals surface area contributed by atoms with Crippen LogP contribution in [0.25, 0.3) is 0 Å². The second-order valence-corrected chi connectivity index (χ2v) is 5.97. The lowest BCUT2D eigenvalue weighted by molar-refractivity contribution is 0.110. The number of hydrogen-bond acceptors (Lipinski definition) is 4. The van der Waals surface area contributed by atoms with Gasteiger partial charge >= 0.3 is 0 Å². The van der Waals surface area contributed by atoms with E-state index in [2.05, 4.69) is 15.9 Å². The SMILES string of the molecule is N#CC(N)(CN1CCN(C2CC2)CC1)C1CC1. The molecule has 2 N–H and O–H groups in total. The minimum Gasteiger partial charge on any atom is -0.312 e. The Morgan fingerprint density at radius 2 is 1.76 bits per heavy atom. The minimum absolute atomic E-state index is 0.453. The van der Waals surface area contributed by atoms with Crippen LogP contribution in [0.5, 0.6) is 0 Å². The Hall–Kier alpha value is -0.630. The molecule has 1 aliphatic heterocycles. The summed E-state index contributed by atoms with van der Waals surface area (Å²) in [6.45, 7) is 5.27. The summed E-state index contributed by atoms with van der Waals surface area (Å²) < 4.78 is 0. The van der Waals surface area contributed by atoms with E-state index in [1.807, 2.05) is 0 Å². The number of piperazine rings is 1. The third kappa shape index (κ3) is 2.47. The Balaban J connectivity index is 1.51. The van der Waals surface area contributed by atoms with Gasteiger partial charge in [-0.1, -0.05) is 0 Å². The van der Waals surface area contributed by atoms with Crippen LogP contribution in [0, 0.1) is 17.2 Å². The quantitative estimate of drug-likeness (QED) is 0.765. The first kappa shape index (κ1) is 11.5. The molecule has 2 aliphatic carbocycles. The van der Waals surface area contributed by atoms with Crippen LogP contribution in [0.15, 0.2) is 0 Å². The highest BCUT2D eigenvalue weighted by Crippen LogP contribution is 2.38. The van der Waals surface area contributed by atoms with Crippen LogP contribution < -0.4 is 5.73 Å². The zero-order chi connectivity index (χ0) is 11.9. The van der Waals surface area contributed by atoms with Crippen molar-refractivity contribution in [2.24, 2.45) is 11.7 Å². The molecule has 17 heavy (non-hydrogen) atoms. The normalized spacial score (nSPS) is 30.8. The summed E-state index contributed by atoms with van der Waals surface area (Å²) in [7, 11) is 0. The molecule has 3 aliphatic rings. The van der Waals surface area contributed by atoms with Crippen LogP contribution in [0.2, 0.25) is 0 Å². The molecule has 1 heterocycles. The van der Waals surface area contributed by atoms with E-state index in [1.54, 1.807) is 0 Å². The van der Waals surface area contributed by atoms with Crippen molar-refractivity contribution in [2.45, 2.75) is 37.3 Å². The average Bonchev–Trinajstić information content (AvgIpc) is 3.20. The molecule has 1 saturated heterocycles. The van der Waals surface area contributed by atoms with Crippen molar-refractivity contribution >= 4 is 0 Å². The Bertz CT molecular complexity index is 321. The van der Waals surface area contributed by atoms with Crippen molar-refractivity contribution in [2.75, 3.05) is 32.7 Å². The van der Waals surface area contributed by atoms with E-state index in [-0.39, 0.29) is 0 Å². The maximum absolute atomic E-state index is 9.26. The van der Waals surface area contributed by atoms with Crippen LogP contribution >= 0.6 is 0 Å². The van der Waals surface area contributed by atoms with Crippen molar-refractivity contribution in [1.29, 1.82) is 5.26 Å². The summed E-state index contributed by atoms with van der Waals surface area (Å²) in [4.78, 5) is 4.98. The molecule has 0 spiro atoms. The summed E-state index contributed by atoms with van der Waals surface area (Å²) in [6, 6.07) is 3.23. The molecule has 1 unspecified atom stereocenters. The highest BCUT2D eigenvalue weighted by atomic mass is 15.3. The average molecular weight is 234 g/mol. The molecule has 0 aromatic heterocycles. The number of nitrogens with two attached hydrogens (primary N) is 1. The fraction of sp³-hybridized carbons (Fsp3) is 0.923. The van der Waals surface area contributed by atoms with Gasteiger partial charge in [0.05, 0.1) is 6.07 Å². The van der Waals surface area contributed by atoms with Gasteiger partial charge in [-0.15, -0.1) is 0 Å². The van der Waals surface area contributed by atoms with Crippen LogP contribution in [-0.4, -0.2) is 54.1 Å². The number of rotatable bonds is 4. The second-order valence-electron chi connectivity index (χ2n) is 5.97. The van der Waals surface area contributed by atoms with Crippen molar-refractivity contribution in [1.82, 2.24) is 9.80 Å². The molecule has 4 nitrogen and oxygen atoms in total. The zero-order valence-corrected chi connectivity index (χ0v) is 10.4. The molecular weight excluding hydrogens is 212 g/mol. The lowest BCUT2D eigenvalue weighted by Gasteiger charge is -2.38. The number of nitrogens with zero attached hydrogens (tertiary/aromatic N) is 3. The van der Waals surface area contributed by atoms with Gasteiger partial charge in [0, 0.05) is 38.8 Å². The topological polar surface area (TPSA) is 56.3 Å². The first-order valence-corrected chi connectivity index (χ1v) is 6.88. The predicted molar refractivity (Wildman–Crippen MR) is 66.3 cm³/mol. The molecule has 3 rings (SSSR count). The third-order valence-electron chi connectivity index (χ3n) is 4.47. The van der Waals surface area contributed by atoms with Crippen molar-refractivity contribution in [3.63, 3.8) is 0 Å². The van der Waals surface area contributed by atoms with E-state index in [1.165, 1.54) is 12.8 Å². The van der Waals surface area contributed by atoms with Crippen LogP contribution in [-0.2, 0) is 0 Å². The van der Waals surface area contributed by atoms with Gasteiger partial charge in [-0.25, -0.2) is 0 Å². The van der Waals surface area contributed by atoms with Gasteiger partial charge in [-0.3, -0.25) is 9.80 Å². The Morgan fingerprint density at radius 3 is 2.24 bits per heavy atom. The Morgan fingerprint density at radius 1 is 1.12 bits per heavy atom. The van der Waals surface area contributed by atoms with Crippen LogP contribution in [0.4, 0.5) is 0 Å². The highest BCUT2D eigenvalue weighted by Gasteiger charge is 2.44. The van der Waals surface area contributed by atoms with Gasteiger partial charge in [0.15, 0.2) is 0 Å². The minimum atomic E-state index is -0.582. The zero-order valence-electron chi connectivity index (χ0n) is 10.4. The number of hydrogen-bond donors (Lipinski definition) is 1. The van der Waals surface area contributed by atoms with E-state index in [9.17, 15) is 5.26 Å². The van der Waals surface area contributed by atoms with Crippen molar-refractivity contribution in [3.8, 4) is 6.07 Å². The van der Waals surface area contributed by atoms with Gasteiger partial charge in [-0.05, 0) is 31.6 Å². The van der Waals surface area contributed by atoms with Crippen molar-refractivity contribution in [3.05, 3.63) is 0 Å². The lowest BCUT2D eigenvalue weighted by atomic mass is 9.95. The number of nitriles is 1. The van der Waals surface area contributed by atoms with E-state index < -0.39 is 5.54 Å². The molecule has 1 atom stereocenters. The van der Waals surface area contributed by atoms with E-state index in [4.69, 9.17) is 5.73 Å². The summed E-state index contributed by atoms with van der Waals surface area (Å²) >= 11 is 0. The maximum Gasteiger partial charge on any atom is 0.119 e. The molecule has 0 aromatic carbocycles. The van der Waals surface area contributed by atoms with Crippen LogP contribution in [0.1, 0.15) is 25.7 Å². The third-order valence-corrected chi connectivity index (χ3v) is 4.47. The largest absolute Gasteiger partial charge is 0.312 e. The van der Waals surface area contributed by atoms with Gasteiger partial charge in [0.1, 0.15) is 5.54 Å². The molecule has 0 bridgehead atoms. The molecule has 4 heteroatoms. The second kappa shape index (κ2) is 4.24. The Kier molecular flexibility index (Phi) is 2.86. The summed E-state index contributed by atoms with van der Waals surface area (Å²) in [5.74, 6) is 0.453. The molecule has 0 amide bonds. The maximum atomic E-state index is 9.26. The summed E-state index contributed by atoms with van der Waals surface area (Å²) in [5, 5.41) is 9.26. The fourth-order valence-corrected chi connectivity index (χ4v) is 2.95. The van der Waals surface area contributed by atoms with E-state index in [0.29, 0.717) is 5.92 Å². The monoisotopic (exact) mass is 234 g/mol. The lowest BCUT2D eigenvalue weighted by Crippen LogP contribution is -2.56. The fourth-order valence-electron chi connectivity index (χ4n) is 2.95. The molecule has 3 fully saturated rings. The van der Waals surface area contributed by atoms with E-state index in [0.717, 1.165) is 51.6 Å². The van der Waals surface area contributed by atoms with Gasteiger partial charge in [-0.2, -0.15) is 5.26 Å². The molecule has 94 valence electrons. The van der Waals surface area contributed by atoms with Gasteiger partial charge in [0.25, 0.3) is 0 Å². The highest BCUT2D eigenvalue weighted by molar-refractivity contribution is 5.15. The standard InChI is InChI=1S/C13H22N4/c14-9-13(15,11-1-2-11)10-16-5-7-17(8-6-16)12-3-4-12/h11-12H,1-8,10,15H2. The first-order valence-electron chi connectivity index (χ1n) is 6.88. The summed E-state index contributed by atoms with van der Waals surface area (Å²) in [5.41, 5.74) is 5.64. The smallest absolute Gasteiger partial charge is 0.119 e. The Labute approximate surface area is 103 Å². The molecule has 0 radical (unpaired) electrons. The summed E-state index contributed by atoms with van der Waals surface area (Å²) in [6.07, 6.45) is 5.07. The van der Waals surface area contributed by atoms with Crippen molar-refractivity contribution < 1.29 is 0 Å². The van der Waals surface area contributed by atoms with E-state index >= 15 is 0 Å². The molecular formula is C13H22N4. The molecule has 2 saturated carbocycles. The van der Waals surface area contributed by atoms with Gasteiger partial charge < -0.3 is 5.73 Å². The van der Waals surface area contributed by atoms with Gasteiger partial charge in [0.2, 0.25) is 0 Å². The predicted octanol–water partition coefficient (Wildman–Crippen LogP) is 0.397. The molecule has 0 aromatic rings.